The van der Waals surface area contributed by atoms with Crippen molar-refractivity contribution in [3.8, 4) is 0 Å². The minimum atomic E-state index is -0.339. The molecule has 1 aromatic heterocycles. The first-order valence-electron chi connectivity index (χ1n) is 6.87. The van der Waals surface area contributed by atoms with E-state index in [1.165, 1.54) is 6.07 Å². The molecule has 2 rings (SSSR count). The predicted molar refractivity (Wildman–Crippen MR) is 81.0 cm³/mol. The normalized spacial score (nSPS) is 12.4. The number of hydrogen-bond donors (Lipinski definition) is 1. The van der Waals surface area contributed by atoms with E-state index < -0.39 is 0 Å². The van der Waals surface area contributed by atoms with Gasteiger partial charge < -0.3 is 5.32 Å². The van der Waals surface area contributed by atoms with Crippen LogP contribution in [-0.2, 0) is 13.6 Å². The third-order valence-corrected chi connectivity index (χ3v) is 3.84. The van der Waals surface area contributed by atoms with E-state index in [0.717, 1.165) is 17.0 Å². The molecule has 6 heteroatoms. The maximum Gasteiger partial charge on any atom is 0.274 e. The Bertz CT molecular complexity index is 664. The summed E-state index contributed by atoms with van der Waals surface area (Å²) in [4.78, 5) is 10.7. The van der Waals surface area contributed by atoms with Gasteiger partial charge in [0.05, 0.1) is 10.6 Å². The highest BCUT2D eigenvalue weighted by atomic mass is 16.6. The zero-order chi connectivity index (χ0) is 15.6. The van der Waals surface area contributed by atoms with Gasteiger partial charge in [-0.2, -0.15) is 5.10 Å². The van der Waals surface area contributed by atoms with Crippen LogP contribution in [-0.4, -0.2) is 14.7 Å². The van der Waals surface area contributed by atoms with Gasteiger partial charge in [0.2, 0.25) is 0 Å². The van der Waals surface area contributed by atoms with E-state index in [1.54, 1.807) is 12.1 Å². The molecule has 0 saturated carbocycles. The van der Waals surface area contributed by atoms with Gasteiger partial charge in [0.25, 0.3) is 5.69 Å². The van der Waals surface area contributed by atoms with Crippen molar-refractivity contribution in [2.75, 3.05) is 0 Å². The minimum Gasteiger partial charge on any atom is -0.306 e. The van der Waals surface area contributed by atoms with E-state index in [1.807, 2.05) is 38.6 Å². The fraction of sp³-hybridized carbons (Fsp3) is 0.400. The number of aromatic nitrogens is 2. The standard InChI is InChI=1S/C15H20N4O2/c1-10(13-7-5-6-8-15(13)19(20)21)16-9-14-11(2)17-18(4)12(14)3/h5-8,10,16H,9H2,1-4H3. The van der Waals surface area contributed by atoms with Gasteiger partial charge >= 0.3 is 0 Å². The summed E-state index contributed by atoms with van der Waals surface area (Å²) in [5, 5.41) is 18.8. The average Bonchev–Trinajstić information content (AvgIpc) is 2.70. The third kappa shape index (κ3) is 3.11. The highest BCUT2D eigenvalue weighted by Crippen LogP contribution is 2.25. The summed E-state index contributed by atoms with van der Waals surface area (Å²) in [5.74, 6) is 0. The van der Waals surface area contributed by atoms with Crippen LogP contribution in [0.2, 0.25) is 0 Å². The summed E-state index contributed by atoms with van der Waals surface area (Å²) in [7, 11) is 1.91. The number of aryl methyl sites for hydroxylation is 2. The van der Waals surface area contributed by atoms with Crippen molar-refractivity contribution in [1.29, 1.82) is 0 Å². The Labute approximate surface area is 123 Å². The van der Waals surface area contributed by atoms with Crippen LogP contribution in [0.3, 0.4) is 0 Å². The first-order chi connectivity index (χ1) is 9.91. The van der Waals surface area contributed by atoms with Gasteiger partial charge in [0, 0.05) is 42.5 Å². The second-order valence-corrected chi connectivity index (χ2v) is 5.19. The van der Waals surface area contributed by atoms with Crippen LogP contribution < -0.4 is 5.32 Å². The molecular formula is C15H20N4O2. The maximum atomic E-state index is 11.1. The Balaban J connectivity index is 2.16. The summed E-state index contributed by atoms with van der Waals surface area (Å²) in [6.45, 7) is 6.56. The molecule has 0 aliphatic carbocycles. The quantitative estimate of drug-likeness (QED) is 0.678. The van der Waals surface area contributed by atoms with Gasteiger partial charge in [-0.05, 0) is 20.8 Å². The topological polar surface area (TPSA) is 73.0 Å². The largest absolute Gasteiger partial charge is 0.306 e. The van der Waals surface area contributed by atoms with E-state index in [4.69, 9.17) is 0 Å². The molecule has 1 unspecified atom stereocenters. The van der Waals surface area contributed by atoms with Crippen molar-refractivity contribution in [3.63, 3.8) is 0 Å². The molecule has 0 amide bonds. The van der Waals surface area contributed by atoms with Crippen LogP contribution in [0.5, 0.6) is 0 Å². The van der Waals surface area contributed by atoms with Crippen LogP contribution in [0.1, 0.15) is 35.5 Å². The Kier molecular flexibility index (Phi) is 4.37. The molecule has 0 saturated heterocycles. The van der Waals surface area contributed by atoms with Gasteiger partial charge in [-0.1, -0.05) is 18.2 Å². The fourth-order valence-electron chi connectivity index (χ4n) is 2.46. The van der Waals surface area contributed by atoms with Gasteiger partial charge in [-0.25, -0.2) is 0 Å². The number of nitrogens with zero attached hydrogens (tertiary/aromatic N) is 3. The first kappa shape index (κ1) is 15.2. The second kappa shape index (κ2) is 6.05. The van der Waals surface area contributed by atoms with Crippen LogP contribution in [0, 0.1) is 24.0 Å². The van der Waals surface area contributed by atoms with E-state index in [-0.39, 0.29) is 16.7 Å². The van der Waals surface area contributed by atoms with Crippen molar-refractivity contribution >= 4 is 5.69 Å². The van der Waals surface area contributed by atoms with E-state index in [9.17, 15) is 10.1 Å². The Hall–Kier alpha value is -2.21. The zero-order valence-electron chi connectivity index (χ0n) is 12.8. The lowest BCUT2D eigenvalue weighted by Crippen LogP contribution is -2.19. The molecule has 0 aliphatic heterocycles. The zero-order valence-corrected chi connectivity index (χ0v) is 12.8. The molecule has 1 aromatic carbocycles. The summed E-state index contributed by atoms with van der Waals surface area (Å²) < 4.78 is 1.85. The van der Waals surface area contributed by atoms with Gasteiger partial charge in [0.1, 0.15) is 0 Å². The Morgan fingerprint density at radius 1 is 1.38 bits per heavy atom. The molecular weight excluding hydrogens is 268 g/mol. The van der Waals surface area contributed by atoms with Gasteiger partial charge in [-0.15, -0.1) is 0 Å². The number of benzene rings is 1. The van der Waals surface area contributed by atoms with Crippen molar-refractivity contribution in [2.45, 2.75) is 33.4 Å². The maximum absolute atomic E-state index is 11.1. The van der Waals surface area contributed by atoms with E-state index in [2.05, 4.69) is 10.4 Å². The molecule has 112 valence electrons. The van der Waals surface area contributed by atoms with Gasteiger partial charge in [-0.3, -0.25) is 14.8 Å². The smallest absolute Gasteiger partial charge is 0.274 e. The monoisotopic (exact) mass is 288 g/mol. The molecule has 1 atom stereocenters. The molecule has 0 radical (unpaired) electrons. The first-order valence-corrected chi connectivity index (χ1v) is 6.87. The highest BCUT2D eigenvalue weighted by Gasteiger charge is 2.18. The Morgan fingerprint density at radius 2 is 2.05 bits per heavy atom. The summed E-state index contributed by atoms with van der Waals surface area (Å²) >= 11 is 0. The molecule has 21 heavy (non-hydrogen) atoms. The Morgan fingerprint density at radius 3 is 2.62 bits per heavy atom. The molecule has 0 fully saturated rings. The summed E-state index contributed by atoms with van der Waals surface area (Å²) in [5.41, 5.74) is 4.08. The SMILES string of the molecule is Cc1nn(C)c(C)c1CNC(C)c1ccccc1[N+](=O)[O-]. The number of nitro groups is 1. The van der Waals surface area contributed by atoms with E-state index >= 15 is 0 Å². The summed E-state index contributed by atoms with van der Waals surface area (Å²) in [6.07, 6.45) is 0. The molecule has 1 N–H and O–H groups in total. The molecule has 0 spiro atoms. The fourth-order valence-corrected chi connectivity index (χ4v) is 2.46. The number of rotatable bonds is 5. The highest BCUT2D eigenvalue weighted by molar-refractivity contribution is 5.41. The van der Waals surface area contributed by atoms with E-state index in [0.29, 0.717) is 12.1 Å². The second-order valence-electron chi connectivity index (χ2n) is 5.19. The lowest BCUT2D eigenvalue weighted by molar-refractivity contribution is -0.385. The number of hydrogen-bond acceptors (Lipinski definition) is 4. The van der Waals surface area contributed by atoms with Crippen molar-refractivity contribution < 1.29 is 4.92 Å². The van der Waals surface area contributed by atoms with Crippen LogP contribution in [0.25, 0.3) is 0 Å². The van der Waals surface area contributed by atoms with Crippen LogP contribution in [0.15, 0.2) is 24.3 Å². The van der Waals surface area contributed by atoms with Crippen molar-refractivity contribution in [3.05, 3.63) is 56.9 Å². The number of nitrogens with one attached hydrogen (secondary N) is 1. The minimum absolute atomic E-state index is 0.106. The molecule has 1 heterocycles. The van der Waals surface area contributed by atoms with Crippen molar-refractivity contribution in [2.24, 2.45) is 7.05 Å². The van der Waals surface area contributed by atoms with Crippen LogP contribution >= 0.6 is 0 Å². The predicted octanol–water partition coefficient (Wildman–Crippen LogP) is 2.80. The molecule has 2 aromatic rings. The lowest BCUT2D eigenvalue weighted by atomic mass is 10.1. The number of para-hydroxylation sites is 1. The molecule has 6 nitrogen and oxygen atoms in total. The molecule has 0 aliphatic rings. The lowest BCUT2D eigenvalue weighted by Gasteiger charge is -2.14. The number of nitro benzene ring substituents is 1. The average molecular weight is 288 g/mol. The molecule has 0 bridgehead atoms. The summed E-state index contributed by atoms with van der Waals surface area (Å²) in [6, 6.07) is 6.73. The van der Waals surface area contributed by atoms with Gasteiger partial charge in [0.15, 0.2) is 0 Å². The third-order valence-electron chi connectivity index (χ3n) is 3.84. The van der Waals surface area contributed by atoms with Crippen LogP contribution in [0.4, 0.5) is 5.69 Å². The van der Waals surface area contributed by atoms with Crippen molar-refractivity contribution in [1.82, 2.24) is 15.1 Å².